The van der Waals surface area contributed by atoms with E-state index in [9.17, 15) is 9.59 Å². The Labute approximate surface area is 102 Å². The molecule has 1 aromatic rings. The summed E-state index contributed by atoms with van der Waals surface area (Å²) in [5.41, 5.74) is 0.336. The van der Waals surface area contributed by atoms with E-state index in [1.165, 1.54) is 11.1 Å². The number of thioether (sulfide) groups is 1. The Hall–Kier alpha value is -1.50. The van der Waals surface area contributed by atoms with Crippen molar-refractivity contribution in [3.8, 4) is 0 Å². The maximum absolute atomic E-state index is 12.1. The Morgan fingerprint density at radius 3 is 3.00 bits per heavy atom. The third-order valence-corrected chi connectivity index (χ3v) is 3.68. The highest BCUT2D eigenvalue weighted by molar-refractivity contribution is 7.99. The van der Waals surface area contributed by atoms with Gasteiger partial charge in [0.15, 0.2) is 0 Å². The molecular weight excluding hydrogens is 244 g/mol. The second-order valence-electron chi connectivity index (χ2n) is 3.72. The van der Waals surface area contributed by atoms with Crippen molar-refractivity contribution < 1.29 is 19.2 Å². The largest absolute Gasteiger partial charge is 0.480 e. The van der Waals surface area contributed by atoms with Gasteiger partial charge in [0.2, 0.25) is 0 Å². The van der Waals surface area contributed by atoms with Gasteiger partial charge in [0.05, 0.1) is 6.20 Å². The normalized spacial score (nSPS) is 20.3. The van der Waals surface area contributed by atoms with Crippen LogP contribution >= 0.6 is 11.8 Å². The molecule has 0 saturated carbocycles. The summed E-state index contributed by atoms with van der Waals surface area (Å²) in [5.74, 6) is 0.291. The van der Waals surface area contributed by atoms with Crippen molar-refractivity contribution in [2.24, 2.45) is 0 Å². The summed E-state index contributed by atoms with van der Waals surface area (Å²) < 4.78 is 4.82. The minimum absolute atomic E-state index is 0.323. The topological polar surface area (TPSA) is 83.6 Å². The lowest BCUT2D eigenvalue weighted by atomic mass is 10.2. The number of hydrogen-bond donors (Lipinski definition) is 1. The molecule has 1 saturated heterocycles. The molecule has 1 aliphatic heterocycles. The van der Waals surface area contributed by atoms with Gasteiger partial charge in [0, 0.05) is 18.1 Å². The molecular formula is C10H12N2O4S. The van der Waals surface area contributed by atoms with E-state index < -0.39 is 12.0 Å². The first-order chi connectivity index (χ1) is 8.11. The van der Waals surface area contributed by atoms with Gasteiger partial charge in [-0.05, 0) is 6.92 Å². The summed E-state index contributed by atoms with van der Waals surface area (Å²) >= 11 is 1.54. The molecule has 1 fully saturated rings. The zero-order chi connectivity index (χ0) is 12.4. The average molecular weight is 256 g/mol. The lowest BCUT2D eigenvalue weighted by molar-refractivity contribution is -0.141. The first-order valence-corrected chi connectivity index (χ1v) is 6.29. The number of aliphatic carboxylic acids is 1. The lowest BCUT2D eigenvalue weighted by Crippen LogP contribution is -2.50. The number of nitrogens with zero attached hydrogens (tertiary/aromatic N) is 2. The van der Waals surface area contributed by atoms with Crippen LogP contribution in [-0.2, 0) is 4.79 Å². The molecule has 1 amide bonds. The highest BCUT2D eigenvalue weighted by atomic mass is 32.2. The SMILES string of the molecule is Cc1oncc1C(=O)N1CCSCC1C(=O)O. The van der Waals surface area contributed by atoms with Crippen LogP contribution in [0.3, 0.4) is 0 Å². The Bertz CT molecular complexity index is 445. The van der Waals surface area contributed by atoms with Gasteiger partial charge in [-0.2, -0.15) is 11.8 Å². The van der Waals surface area contributed by atoms with Gasteiger partial charge in [-0.25, -0.2) is 4.79 Å². The molecule has 2 heterocycles. The number of amides is 1. The van der Waals surface area contributed by atoms with Crippen LogP contribution in [0.1, 0.15) is 16.1 Å². The van der Waals surface area contributed by atoms with Crippen molar-refractivity contribution in [3.63, 3.8) is 0 Å². The van der Waals surface area contributed by atoms with Crippen molar-refractivity contribution in [2.45, 2.75) is 13.0 Å². The van der Waals surface area contributed by atoms with E-state index in [0.29, 0.717) is 23.6 Å². The van der Waals surface area contributed by atoms with E-state index in [1.54, 1.807) is 18.7 Å². The molecule has 1 unspecified atom stereocenters. The lowest BCUT2D eigenvalue weighted by Gasteiger charge is -2.32. The summed E-state index contributed by atoms with van der Waals surface area (Å²) in [6.45, 7) is 2.07. The van der Waals surface area contributed by atoms with Crippen LogP contribution in [0.25, 0.3) is 0 Å². The predicted molar refractivity (Wildman–Crippen MR) is 61.0 cm³/mol. The molecule has 1 aromatic heterocycles. The summed E-state index contributed by atoms with van der Waals surface area (Å²) in [5, 5.41) is 12.6. The van der Waals surface area contributed by atoms with Gasteiger partial charge >= 0.3 is 5.97 Å². The second kappa shape index (κ2) is 4.79. The molecule has 7 heteroatoms. The number of rotatable bonds is 2. The molecule has 6 nitrogen and oxygen atoms in total. The van der Waals surface area contributed by atoms with Crippen LogP contribution < -0.4 is 0 Å². The van der Waals surface area contributed by atoms with E-state index in [1.807, 2.05) is 0 Å². The number of hydrogen-bond acceptors (Lipinski definition) is 5. The number of carbonyl (C=O) groups excluding carboxylic acids is 1. The Morgan fingerprint density at radius 2 is 2.41 bits per heavy atom. The Kier molecular flexibility index (Phi) is 3.37. The first-order valence-electron chi connectivity index (χ1n) is 5.14. The van der Waals surface area contributed by atoms with E-state index in [2.05, 4.69) is 5.16 Å². The quantitative estimate of drug-likeness (QED) is 0.835. The smallest absolute Gasteiger partial charge is 0.327 e. The molecule has 1 N–H and O–H groups in total. The third kappa shape index (κ3) is 2.28. The number of carbonyl (C=O) groups is 2. The molecule has 0 bridgehead atoms. The van der Waals surface area contributed by atoms with E-state index in [-0.39, 0.29) is 5.91 Å². The highest BCUT2D eigenvalue weighted by Gasteiger charge is 2.34. The van der Waals surface area contributed by atoms with Gasteiger partial charge in [-0.3, -0.25) is 4.79 Å². The second-order valence-corrected chi connectivity index (χ2v) is 4.87. The molecule has 0 spiro atoms. The summed E-state index contributed by atoms with van der Waals surface area (Å²) in [4.78, 5) is 24.6. The standard InChI is InChI=1S/C10H12N2O4S/c1-6-7(4-11-16-6)9(13)12-2-3-17-5-8(12)10(14)15/h4,8H,2-3,5H2,1H3,(H,14,15). The number of carboxylic acids is 1. The van der Waals surface area contributed by atoms with Crippen LogP contribution in [-0.4, -0.2) is 51.1 Å². The monoisotopic (exact) mass is 256 g/mol. The van der Waals surface area contributed by atoms with Crippen LogP contribution in [0.15, 0.2) is 10.7 Å². The van der Waals surface area contributed by atoms with E-state index in [4.69, 9.17) is 9.63 Å². The molecule has 2 rings (SSSR count). The van der Waals surface area contributed by atoms with Gasteiger partial charge in [-0.15, -0.1) is 0 Å². The molecule has 17 heavy (non-hydrogen) atoms. The van der Waals surface area contributed by atoms with Crippen LogP contribution in [0.2, 0.25) is 0 Å². The van der Waals surface area contributed by atoms with Crippen molar-refractivity contribution in [2.75, 3.05) is 18.1 Å². The molecule has 1 aliphatic rings. The Morgan fingerprint density at radius 1 is 1.65 bits per heavy atom. The maximum atomic E-state index is 12.1. The summed E-state index contributed by atoms with van der Waals surface area (Å²) in [6.07, 6.45) is 1.33. The number of carboxylic acid groups (broad SMARTS) is 1. The molecule has 1 atom stereocenters. The van der Waals surface area contributed by atoms with E-state index >= 15 is 0 Å². The van der Waals surface area contributed by atoms with Crippen LogP contribution in [0.4, 0.5) is 0 Å². The molecule has 0 aliphatic carbocycles. The van der Waals surface area contributed by atoms with Crippen molar-refractivity contribution in [3.05, 3.63) is 17.5 Å². The summed E-state index contributed by atoms with van der Waals surface area (Å²) in [7, 11) is 0. The minimum atomic E-state index is -0.973. The third-order valence-electron chi connectivity index (χ3n) is 2.66. The van der Waals surface area contributed by atoms with Crippen LogP contribution in [0.5, 0.6) is 0 Å². The molecule has 0 aromatic carbocycles. The summed E-state index contributed by atoms with van der Waals surface area (Å²) in [6, 6.07) is -0.768. The first kappa shape index (κ1) is 12.0. The highest BCUT2D eigenvalue weighted by Crippen LogP contribution is 2.20. The predicted octanol–water partition coefficient (Wildman–Crippen LogP) is 0.625. The average Bonchev–Trinajstić information content (AvgIpc) is 2.74. The van der Waals surface area contributed by atoms with Crippen molar-refractivity contribution >= 4 is 23.6 Å². The zero-order valence-electron chi connectivity index (χ0n) is 9.25. The Balaban J connectivity index is 2.23. The molecule has 92 valence electrons. The molecule has 0 radical (unpaired) electrons. The minimum Gasteiger partial charge on any atom is -0.480 e. The van der Waals surface area contributed by atoms with Gasteiger partial charge in [-0.1, -0.05) is 5.16 Å². The van der Waals surface area contributed by atoms with Gasteiger partial charge < -0.3 is 14.5 Å². The fourth-order valence-electron chi connectivity index (χ4n) is 1.71. The fourth-order valence-corrected chi connectivity index (χ4v) is 2.75. The van der Waals surface area contributed by atoms with Crippen molar-refractivity contribution in [1.82, 2.24) is 10.1 Å². The number of aryl methyl sites for hydroxylation is 1. The van der Waals surface area contributed by atoms with Gasteiger partial charge in [0.25, 0.3) is 5.91 Å². The van der Waals surface area contributed by atoms with Crippen molar-refractivity contribution in [1.29, 1.82) is 0 Å². The number of aromatic nitrogens is 1. The van der Waals surface area contributed by atoms with E-state index in [0.717, 1.165) is 5.75 Å². The van der Waals surface area contributed by atoms with Gasteiger partial charge in [0.1, 0.15) is 17.4 Å². The van der Waals surface area contributed by atoms with Crippen LogP contribution in [0, 0.1) is 6.92 Å². The fraction of sp³-hybridized carbons (Fsp3) is 0.500. The zero-order valence-corrected chi connectivity index (χ0v) is 10.1. The maximum Gasteiger partial charge on any atom is 0.327 e.